The fourth-order valence-corrected chi connectivity index (χ4v) is 1.56. The van der Waals surface area contributed by atoms with E-state index in [0.717, 1.165) is 0 Å². The summed E-state index contributed by atoms with van der Waals surface area (Å²) in [5, 5.41) is 13.9. The molecule has 0 saturated heterocycles. The lowest BCUT2D eigenvalue weighted by Gasteiger charge is -2.08. The summed E-state index contributed by atoms with van der Waals surface area (Å²) in [6.45, 7) is 3.61. The Hall–Kier alpha value is -2.00. The van der Waals surface area contributed by atoms with Crippen molar-refractivity contribution in [2.24, 2.45) is 0 Å². The van der Waals surface area contributed by atoms with Crippen LogP contribution in [0.4, 0.5) is 17.5 Å². The average molecular weight is 285 g/mol. The average Bonchev–Trinajstić information content (AvgIpc) is 2.36. The number of nitrogens with zero attached hydrogens (tertiary/aromatic N) is 3. The summed E-state index contributed by atoms with van der Waals surface area (Å²) in [6.07, 6.45) is 0.684. The molecule has 1 aromatic rings. The van der Waals surface area contributed by atoms with E-state index in [9.17, 15) is 10.1 Å². The maximum absolute atomic E-state index is 11.0. The lowest BCUT2D eigenvalue weighted by Crippen LogP contribution is -2.12. The minimum Gasteiger partial charge on any atom is -0.382 e. The zero-order chi connectivity index (χ0) is 15.0. The molecule has 1 heterocycles. The number of anilines is 2. The number of hydrogen-bond acceptors (Lipinski definition) is 8. The third kappa shape index (κ3) is 4.94. The molecule has 0 amide bonds. The summed E-state index contributed by atoms with van der Waals surface area (Å²) in [7, 11) is 1.60. The van der Waals surface area contributed by atoms with E-state index in [1.807, 2.05) is 0 Å². The van der Waals surface area contributed by atoms with Gasteiger partial charge in [0.1, 0.15) is 5.69 Å². The SMILES string of the molecule is COCCOCCCNc1nc(N)nc(C)c1[N+](=O)[O-]. The molecule has 0 aliphatic carbocycles. The summed E-state index contributed by atoms with van der Waals surface area (Å²) < 4.78 is 10.1. The Kier molecular flexibility index (Phi) is 6.60. The second kappa shape index (κ2) is 8.23. The Morgan fingerprint density at radius 2 is 2.10 bits per heavy atom. The maximum Gasteiger partial charge on any atom is 0.332 e. The number of nitrogens with two attached hydrogens (primary N) is 1. The van der Waals surface area contributed by atoms with Crippen LogP contribution < -0.4 is 11.1 Å². The zero-order valence-corrected chi connectivity index (χ0v) is 11.6. The van der Waals surface area contributed by atoms with Crippen molar-refractivity contribution < 1.29 is 14.4 Å². The highest BCUT2D eigenvalue weighted by Gasteiger charge is 2.20. The second-order valence-electron chi connectivity index (χ2n) is 4.01. The van der Waals surface area contributed by atoms with Gasteiger partial charge in [0.05, 0.1) is 18.1 Å². The van der Waals surface area contributed by atoms with Crippen molar-refractivity contribution in [1.29, 1.82) is 0 Å². The molecule has 112 valence electrons. The fourth-order valence-electron chi connectivity index (χ4n) is 1.56. The van der Waals surface area contributed by atoms with Gasteiger partial charge in [-0.1, -0.05) is 0 Å². The first-order chi connectivity index (χ1) is 9.56. The number of nitro groups is 1. The van der Waals surface area contributed by atoms with Gasteiger partial charge in [0.15, 0.2) is 0 Å². The molecule has 20 heavy (non-hydrogen) atoms. The molecular weight excluding hydrogens is 266 g/mol. The van der Waals surface area contributed by atoms with Crippen LogP contribution in [0.2, 0.25) is 0 Å². The summed E-state index contributed by atoms with van der Waals surface area (Å²) in [4.78, 5) is 18.1. The molecule has 0 bridgehead atoms. The number of methoxy groups -OCH3 is 1. The lowest BCUT2D eigenvalue weighted by molar-refractivity contribution is -0.385. The van der Waals surface area contributed by atoms with E-state index in [0.29, 0.717) is 32.8 Å². The molecule has 1 aromatic heterocycles. The van der Waals surface area contributed by atoms with E-state index >= 15 is 0 Å². The molecule has 0 fully saturated rings. The van der Waals surface area contributed by atoms with Crippen LogP contribution in [0.15, 0.2) is 0 Å². The predicted molar refractivity (Wildman–Crippen MR) is 73.6 cm³/mol. The first-order valence-electron chi connectivity index (χ1n) is 6.15. The summed E-state index contributed by atoms with van der Waals surface area (Å²) in [6, 6.07) is 0. The van der Waals surface area contributed by atoms with E-state index in [2.05, 4.69) is 15.3 Å². The molecule has 3 N–H and O–H groups in total. The third-order valence-corrected chi connectivity index (χ3v) is 2.45. The van der Waals surface area contributed by atoms with Crippen LogP contribution in [0, 0.1) is 17.0 Å². The molecule has 9 nitrogen and oxygen atoms in total. The molecule has 0 radical (unpaired) electrons. The van der Waals surface area contributed by atoms with Gasteiger partial charge in [0, 0.05) is 20.3 Å². The van der Waals surface area contributed by atoms with Gasteiger partial charge in [-0.2, -0.15) is 4.98 Å². The third-order valence-electron chi connectivity index (χ3n) is 2.45. The molecule has 0 aromatic carbocycles. The van der Waals surface area contributed by atoms with Crippen molar-refractivity contribution in [3.05, 3.63) is 15.8 Å². The summed E-state index contributed by atoms with van der Waals surface area (Å²) in [5.41, 5.74) is 5.57. The normalized spacial score (nSPS) is 10.5. The van der Waals surface area contributed by atoms with Gasteiger partial charge in [-0.15, -0.1) is 0 Å². The van der Waals surface area contributed by atoms with Crippen LogP contribution in [0.1, 0.15) is 12.1 Å². The first-order valence-corrected chi connectivity index (χ1v) is 6.15. The fraction of sp³-hybridized carbons (Fsp3) is 0.636. The molecule has 9 heteroatoms. The van der Waals surface area contributed by atoms with Crippen LogP contribution >= 0.6 is 0 Å². The summed E-state index contributed by atoms with van der Waals surface area (Å²) in [5.74, 6) is 0.142. The molecule has 1 rings (SSSR count). The van der Waals surface area contributed by atoms with Gasteiger partial charge in [0.2, 0.25) is 11.8 Å². The van der Waals surface area contributed by atoms with Crippen LogP contribution in [0.25, 0.3) is 0 Å². The largest absolute Gasteiger partial charge is 0.382 e. The van der Waals surface area contributed by atoms with Crippen molar-refractivity contribution in [1.82, 2.24) is 9.97 Å². The minimum atomic E-state index is -0.522. The van der Waals surface area contributed by atoms with Gasteiger partial charge in [-0.05, 0) is 13.3 Å². The number of aryl methyl sites for hydroxylation is 1. The highest BCUT2D eigenvalue weighted by molar-refractivity contribution is 5.60. The van der Waals surface area contributed by atoms with Gasteiger partial charge in [0.25, 0.3) is 0 Å². The predicted octanol–water partition coefficient (Wildman–Crippen LogP) is 0.740. The van der Waals surface area contributed by atoms with Gasteiger partial charge < -0.3 is 20.5 Å². The first kappa shape index (κ1) is 16.1. The second-order valence-corrected chi connectivity index (χ2v) is 4.01. The van der Waals surface area contributed by atoms with Crippen molar-refractivity contribution in [2.75, 3.05) is 44.5 Å². The highest BCUT2D eigenvalue weighted by atomic mass is 16.6. The smallest absolute Gasteiger partial charge is 0.332 e. The minimum absolute atomic E-state index is 0.00643. The Morgan fingerprint density at radius 3 is 2.75 bits per heavy atom. The zero-order valence-electron chi connectivity index (χ0n) is 11.6. The van der Waals surface area contributed by atoms with E-state index in [1.165, 1.54) is 6.92 Å². The van der Waals surface area contributed by atoms with Gasteiger partial charge >= 0.3 is 5.69 Å². The van der Waals surface area contributed by atoms with E-state index < -0.39 is 4.92 Å². The van der Waals surface area contributed by atoms with E-state index in [1.54, 1.807) is 7.11 Å². The van der Waals surface area contributed by atoms with E-state index in [-0.39, 0.29) is 23.1 Å². The Morgan fingerprint density at radius 1 is 1.35 bits per heavy atom. The molecular formula is C11H19N5O4. The van der Waals surface area contributed by atoms with Gasteiger partial charge in [-0.25, -0.2) is 4.98 Å². The molecule has 0 spiro atoms. The highest BCUT2D eigenvalue weighted by Crippen LogP contribution is 2.25. The summed E-state index contributed by atoms with van der Waals surface area (Å²) >= 11 is 0. The quantitative estimate of drug-likeness (QED) is 0.386. The monoisotopic (exact) mass is 285 g/mol. The van der Waals surface area contributed by atoms with Crippen molar-refractivity contribution in [3.63, 3.8) is 0 Å². The van der Waals surface area contributed by atoms with Crippen LogP contribution in [0.5, 0.6) is 0 Å². The van der Waals surface area contributed by atoms with Crippen molar-refractivity contribution in [3.8, 4) is 0 Å². The van der Waals surface area contributed by atoms with Crippen molar-refractivity contribution >= 4 is 17.5 Å². The number of rotatable bonds is 9. The Balaban J connectivity index is 2.49. The van der Waals surface area contributed by atoms with Crippen LogP contribution in [0.3, 0.4) is 0 Å². The van der Waals surface area contributed by atoms with Gasteiger partial charge in [-0.3, -0.25) is 10.1 Å². The number of nitrogens with one attached hydrogen (secondary N) is 1. The number of ether oxygens (including phenoxy) is 2. The number of aromatic nitrogens is 2. The molecule has 0 aliphatic heterocycles. The van der Waals surface area contributed by atoms with Crippen LogP contribution in [-0.4, -0.2) is 48.4 Å². The number of hydrogen-bond donors (Lipinski definition) is 2. The van der Waals surface area contributed by atoms with Crippen molar-refractivity contribution in [2.45, 2.75) is 13.3 Å². The molecule has 0 unspecified atom stereocenters. The topological polar surface area (TPSA) is 125 Å². The Labute approximate surface area is 116 Å². The molecule has 0 saturated carbocycles. The molecule has 0 aliphatic rings. The number of nitrogen functional groups attached to an aromatic ring is 1. The molecule has 0 atom stereocenters. The standard InChI is InChI=1S/C11H19N5O4/c1-8-9(16(17)18)10(15-11(12)14-8)13-4-3-5-20-7-6-19-2/h3-7H2,1-2H3,(H3,12,13,14,15). The van der Waals surface area contributed by atoms with Crippen LogP contribution in [-0.2, 0) is 9.47 Å². The maximum atomic E-state index is 11.0. The van der Waals surface area contributed by atoms with E-state index in [4.69, 9.17) is 15.2 Å². The Bertz CT molecular complexity index is 455. The lowest BCUT2D eigenvalue weighted by atomic mass is 10.3.